The lowest BCUT2D eigenvalue weighted by atomic mass is 10.2. The second-order valence-corrected chi connectivity index (χ2v) is 2.46. The van der Waals surface area contributed by atoms with Crippen LogP contribution in [0, 0.1) is 17.7 Å². The first-order valence-electron chi connectivity index (χ1n) is 4.15. The second kappa shape index (κ2) is 5.03. The van der Waals surface area contributed by atoms with Crippen molar-refractivity contribution in [3.63, 3.8) is 0 Å². The van der Waals surface area contributed by atoms with Crippen LogP contribution in [0.5, 0.6) is 5.75 Å². The topological polar surface area (TPSA) is 26.3 Å². The van der Waals surface area contributed by atoms with Crippen LogP contribution in [0.25, 0.3) is 0 Å². The van der Waals surface area contributed by atoms with E-state index in [0.717, 1.165) is 0 Å². The molecule has 0 fully saturated rings. The molecule has 0 radical (unpaired) electrons. The van der Waals surface area contributed by atoms with Crippen molar-refractivity contribution in [3.8, 4) is 17.6 Å². The highest BCUT2D eigenvalue weighted by Crippen LogP contribution is 2.15. The molecule has 0 N–H and O–H groups in total. The molecule has 0 saturated carbocycles. The third-order valence-corrected chi connectivity index (χ3v) is 1.52. The molecule has 0 heterocycles. The van der Waals surface area contributed by atoms with Crippen LogP contribution in [0.4, 0.5) is 4.39 Å². The van der Waals surface area contributed by atoms with E-state index >= 15 is 0 Å². The molecule has 1 rings (SSSR count). The van der Waals surface area contributed by atoms with Gasteiger partial charge in [0.25, 0.3) is 0 Å². The predicted molar refractivity (Wildman–Crippen MR) is 50.5 cm³/mol. The van der Waals surface area contributed by atoms with Crippen molar-refractivity contribution < 1.29 is 13.9 Å². The van der Waals surface area contributed by atoms with E-state index in [-0.39, 0.29) is 5.56 Å². The summed E-state index contributed by atoms with van der Waals surface area (Å²) in [5, 5.41) is 0. The van der Waals surface area contributed by atoms with Crippen LogP contribution in [-0.4, -0.2) is 12.9 Å². The molecule has 0 amide bonds. The van der Waals surface area contributed by atoms with E-state index in [4.69, 9.17) is 4.74 Å². The van der Waals surface area contributed by atoms with Gasteiger partial charge < -0.3 is 4.74 Å². The van der Waals surface area contributed by atoms with Crippen LogP contribution >= 0.6 is 0 Å². The van der Waals surface area contributed by atoms with E-state index in [0.29, 0.717) is 18.6 Å². The molecule has 1 aromatic carbocycles. The summed E-state index contributed by atoms with van der Waals surface area (Å²) in [5.74, 6) is 4.51. The van der Waals surface area contributed by atoms with Crippen LogP contribution < -0.4 is 4.74 Å². The van der Waals surface area contributed by atoms with E-state index in [1.54, 1.807) is 6.07 Å². The van der Waals surface area contributed by atoms with Crippen molar-refractivity contribution in [1.82, 2.24) is 0 Å². The minimum Gasteiger partial charge on any atom is -0.494 e. The number of halogens is 1. The summed E-state index contributed by atoms with van der Waals surface area (Å²) in [6.07, 6.45) is 0.426. The number of aldehydes is 1. The van der Waals surface area contributed by atoms with Crippen LogP contribution in [0.3, 0.4) is 0 Å². The van der Waals surface area contributed by atoms with Gasteiger partial charge in [-0.15, -0.1) is 0 Å². The lowest BCUT2D eigenvalue weighted by molar-refractivity contribution is -0.103. The summed E-state index contributed by atoms with van der Waals surface area (Å²) >= 11 is 0. The first-order chi connectivity index (χ1) is 6.77. The van der Waals surface area contributed by atoms with E-state index in [9.17, 15) is 9.18 Å². The molecule has 1 aromatic rings. The van der Waals surface area contributed by atoms with Gasteiger partial charge in [-0.3, -0.25) is 4.79 Å². The Morgan fingerprint density at radius 2 is 2.36 bits per heavy atom. The Labute approximate surface area is 81.7 Å². The van der Waals surface area contributed by atoms with Crippen molar-refractivity contribution in [1.29, 1.82) is 0 Å². The zero-order valence-corrected chi connectivity index (χ0v) is 7.71. The minimum absolute atomic E-state index is 0.195. The monoisotopic (exact) mass is 192 g/mol. The molecular formula is C11H9FO2. The van der Waals surface area contributed by atoms with Gasteiger partial charge in [-0.25, -0.2) is 4.39 Å². The molecule has 3 heteroatoms. The third-order valence-electron chi connectivity index (χ3n) is 1.52. The number of carbonyl (C=O) groups is 1. The van der Waals surface area contributed by atoms with Gasteiger partial charge in [-0.2, -0.15) is 0 Å². The summed E-state index contributed by atoms with van der Waals surface area (Å²) in [4.78, 5) is 9.94. The summed E-state index contributed by atoms with van der Waals surface area (Å²) in [5.41, 5.74) is 0.195. The van der Waals surface area contributed by atoms with Gasteiger partial charge >= 0.3 is 0 Å². The van der Waals surface area contributed by atoms with Crippen molar-refractivity contribution >= 4 is 6.29 Å². The number of rotatable bonds is 2. The number of hydrogen-bond acceptors (Lipinski definition) is 2. The maximum Gasteiger partial charge on any atom is 0.193 e. The summed E-state index contributed by atoms with van der Waals surface area (Å²) in [6.45, 7) is 2.30. The first kappa shape index (κ1) is 10.3. The first-order valence-corrected chi connectivity index (χ1v) is 4.15. The standard InChI is InChI=1S/C11H9FO2/c1-2-14-10-6-5-9(4-3-7-13)11(12)8-10/h5-8H,2H2,1H3. The summed E-state index contributed by atoms with van der Waals surface area (Å²) in [7, 11) is 0. The van der Waals surface area contributed by atoms with Gasteiger partial charge in [-0.05, 0) is 25.0 Å². The molecule has 0 aromatic heterocycles. The molecule has 0 unspecified atom stereocenters. The average molecular weight is 192 g/mol. The van der Waals surface area contributed by atoms with Crippen molar-refractivity contribution in [2.75, 3.05) is 6.61 Å². The minimum atomic E-state index is -0.481. The molecule has 0 aliphatic carbocycles. The van der Waals surface area contributed by atoms with Crippen LogP contribution in [-0.2, 0) is 4.79 Å². The van der Waals surface area contributed by atoms with Crippen LogP contribution in [0.2, 0.25) is 0 Å². The Morgan fingerprint density at radius 1 is 1.57 bits per heavy atom. The smallest absolute Gasteiger partial charge is 0.193 e. The Balaban J connectivity index is 2.95. The fourth-order valence-electron chi connectivity index (χ4n) is 0.961. The molecule has 0 aliphatic heterocycles. The van der Waals surface area contributed by atoms with E-state index in [1.165, 1.54) is 12.1 Å². The van der Waals surface area contributed by atoms with Crippen molar-refractivity contribution in [2.45, 2.75) is 6.92 Å². The molecule has 0 saturated heterocycles. The highest BCUT2D eigenvalue weighted by Gasteiger charge is 2.00. The third kappa shape index (κ3) is 2.60. The summed E-state index contributed by atoms with van der Waals surface area (Å²) in [6, 6.07) is 4.34. The molecular weight excluding hydrogens is 183 g/mol. The normalized spacial score (nSPS) is 8.71. The number of carbonyl (C=O) groups excluding carboxylic acids is 1. The highest BCUT2D eigenvalue weighted by atomic mass is 19.1. The van der Waals surface area contributed by atoms with E-state index < -0.39 is 5.82 Å². The van der Waals surface area contributed by atoms with Gasteiger partial charge in [0.15, 0.2) is 6.29 Å². The van der Waals surface area contributed by atoms with Gasteiger partial charge in [-0.1, -0.05) is 5.92 Å². The van der Waals surface area contributed by atoms with Gasteiger partial charge in [0.1, 0.15) is 11.6 Å². The fourth-order valence-corrected chi connectivity index (χ4v) is 0.961. The molecule has 2 nitrogen and oxygen atoms in total. The van der Waals surface area contributed by atoms with Crippen molar-refractivity contribution in [2.24, 2.45) is 0 Å². The van der Waals surface area contributed by atoms with Gasteiger partial charge in [0, 0.05) is 6.07 Å². The fraction of sp³-hybridized carbons (Fsp3) is 0.182. The maximum absolute atomic E-state index is 13.2. The van der Waals surface area contributed by atoms with Gasteiger partial charge in [0.05, 0.1) is 12.2 Å². The lowest BCUT2D eigenvalue weighted by Crippen LogP contribution is -1.93. The average Bonchev–Trinajstić information content (AvgIpc) is 2.17. The predicted octanol–water partition coefficient (Wildman–Crippen LogP) is 1.77. The Hall–Kier alpha value is -1.82. The number of hydrogen-bond donors (Lipinski definition) is 0. The molecule has 0 aliphatic rings. The Kier molecular flexibility index (Phi) is 3.69. The van der Waals surface area contributed by atoms with E-state index in [2.05, 4.69) is 11.8 Å². The molecule has 0 spiro atoms. The number of ether oxygens (including phenoxy) is 1. The lowest BCUT2D eigenvalue weighted by Gasteiger charge is -2.02. The van der Waals surface area contributed by atoms with Gasteiger partial charge in [0.2, 0.25) is 0 Å². The SMILES string of the molecule is CCOc1ccc(C#CC=O)c(F)c1. The zero-order valence-electron chi connectivity index (χ0n) is 7.71. The quantitative estimate of drug-likeness (QED) is 0.527. The molecule has 0 bridgehead atoms. The Bertz CT molecular complexity index is 388. The molecule has 72 valence electrons. The Morgan fingerprint density at radius 3 is 2.93 bits per heavy atom. The molecule has 0 atom stereocenters. The van der Waals surface area contributed by atoms with Crippen molar-refractivity contribution in [3.05, 3.63) is 29.6 Å². The van der Waals surface area contributed by atoms with E-state index in [1.807, 2.05) is 6.92 Å². The van der Waals surface area contributed by atoms with Crippen LogP contribution in [0.1, 0.15) is 12.5 Å². The van der Waals surface area contributed by atoms with Crippen LogP contribution in [0.15, 0.2) is 18.2 Å². The number of benzene rings is 1. The zero-order chi connectivity index (χ0) is 10.4. The maximum atomic E-state index is 13.2. The highest BCUT2D eigenvalue weighted by molar-refractivity contribution is 5.74. The second-order valence-electron chi connectivity index (χ2n) is 2.46. The summed E-state index contributed by atoms with van der Waals surface area (Å²) < 4.78 is 18.3. The largest absolute Gasteiger partial charge is 0.494 e. The molecule has 14 heavy (non-hydrogen) atoms.